The molecule has 1 amide bonds. The highest BCUT2D eigenvalue weighted by atomic mass is 16.5. The molecule has 0 spiro atoms. The number of rotatable bonds is 2. The third kappa shape index (κ3) is 2.30. The van der Waals surface area contributed by atoms with E-state index in [0.29, 0.717) is 0 Å². The lowest BCUT2D eigenvalue weighted by atomic mass is 9.96. The van der Waals surface area contributed by atoms with Crippen molar-refractivity contribution < 1.29 is 9.53 Å². The van der Waals surface area contributed by atoms with Crippen LogP contribution in [0.15, 0.2) is 23.2 Å². The standard InChI is InChI=1S/C13H16N2O2/c1-8-6-10(17-3)4-5-11(8)13-9(2)14-7-12(16)15-13/h4-6,13H,7H2,1-3H3,(H,15,16). The van der Waals surface area contributed by atoms with Crippen LogP contribution >= 0.6 is 0 Å². The Labute approximate surface area is 101 Å². The first-order chi connectivity index (χ1) is 8.11. The highest BCUT2D eigenvalue weighted by Gasteiger charge is 2.22. The zero-order chi connectivity index (χ0) is 12.4. The van der Waals surface area contributed by atoms with E-state index in [1.54, 1.807) is 7.11 Å². The van der Waals surface area contributed by atoms with Crippen LogP contribution in [0.25, 0.3) is 0 Å². The molecule has 1 heterocycles. The molecule has 0 bridgehead atoms. The lowest BCUT2D eigenvalue weighted by Crippen LogP contribution is -2.38. The third-order valence-electron chi connectivity index (χ3n) is 2.98. The average Bonchev–Trinajstić information content (AvgIpc) is 2.32. The maximum atomic E-state index is 11.4. The number of hydrogen-bond acceptors (Lipinski definition) is 3. The number of benzene rings is 1. The van der Waals surface area contributed by atoms with Crippen molar-refractivity contribution in [3.8, 4) is 5.75 Å². The molecule has 90 valence electrons. The van der Waals surface area contributed by atoms with Gasteiger partial charge >= 0.3 is 0 Å². The van der Waals surface area contributed by atoms with E-state index < -0.39 is 0 Å². The van der Waals surface area contributed by atoms with Gasteiger partial charge in [-0.3, -0.25) is 9.79 Å². The number of amides is 1. The first-order valence-electron chi connectivity index (χ1n) is 5.56. The smallest absolute Gasteiger partial charge is 0.242 e. The number of methoxy groups -OCH3 is 1. The summed E-state index contributed by atoms with van der Waals surface area (Å²) in [6.07, 6.45) is 0. The largest absolute Gasteiger partial charge is 0.497 e. The van der Waals surface area contributed by atoms with Crippen LogP contribution < -0.4 is 10.1 Å². The summed E-state index contributed by atoms with van der Waals surface area (Å²) < 4.78 is 5.17. The highest BCUT2D eigenvalue weighted by Crippen LogP contribution is 2.24. The van der Waals surface area contributed by atoms with Gasteiger partial charge in [0.1, 0.15) is 12.3 Å². The van der Waals surface area contributed by atoms with E-state index in [1.807, 2.05) is 32.0 Å². The number of aryl methyl sites for hydroxylation is 1. The normalized spacial score (nSPS) is 19.6. The highest BCUT2D eigenvalue weighted by molar-refractivity contribution is 5.97. The van der Waals surface area contributed by atoms with Gasteiger partial charge in [0.25, 0.3) is 0 Å². The summed E-state index contributed by atoms with van der Waals surface area (Å²) in [4.78, 5) is 15.6. The Morgan fingerprint density at radius 2 is 2.18 bits per heavy atom. The summed E-state index contributed by atoms with van der Waals surface area (Å²) in [5, 5.41) is 2.95. The second-order valence-corrected chi connectivity index (χ2v) is 4.18. The van der Waals surface area contributed by atoms with Gasteiger partial charge in [0.15, 0.2) is 0 Å². The van der Waals surface area contributed by atoms with Crippen LogP contribution in [0.5, 0.6) is 5.75 Å². The fourth-order valence-corrected chi connectivity index (χ4v) is 2.00. The predicted molar refractivity (Wildman–Crippen MR) is 66.6 cm³/mol. The zero-order valence-corrected chi connectivity index (χ0v) is 10.3. The molecule has 0 fully saturated rings. The molecule has 1 unspecified atom stereocenters. The molecule has 0 aliphatic carbocycles. The van der Waals surface area contributed by atoms with Crippen LogP contribution in [0.3, 0.4) is 0 Å². The van der Waals surface area contributed by atoms with E-state index in [4.69, 9.17) is 4.74 Å². The summed E-state index contributed by atoms with van der Waals surface area (Å²) in [6, 6.07) is 5.73. The average molecular weight is 232 g/mol. The Morgan fingerprint density at radius 3 is 2.82 bits per heavy atom. The van der Waals surface area contributed by atoms with Crippen molar-refractivity contribution in [3.05, 3.63) is 29.3 Å². The van der Waals surface area contributed by atoms with Gasteiger partial charge in [0.05, 0.1) is 13.2 Å². The van der Waals surface area contributed by atoms with Crippen LogP contribution in [0.2, 0.25) is 0 Å². The van der Waals surface area contributed by atoms with Gasteiger partial charge in [-0.25, -0.2) is 0 Å². The molecule has 0 saturated carbocycles. The molecule has 0 saturated heterocycles. The van der Waals surface area contributed by atoms with Crippen LogP contribution in [0.1, 0.15) is 24.1 Å². The van der Waals surface area contributed by atoms with Crippen molar-refractivity contribution >= 4 is 11.6 Å². The van der Waals surface area contributed by atoms with E-state index in [9.17, 15) is 4.79 Å². The lowest BCUT2D eigenvalue weighted by molar-refractivity contribution is -0.120. The van der Waals surface area contributed by atoms with E-state index in [0.717, 1.165) is 22.6 Å². The van der Waals surface area contributed by atoms with Crippen molar-refractivity contribution in [2.75, 3.05) is 13.7 Å². The molecule has 1 N–H and O–H groups in total. The molecule has 1 aliphatic rings. The van der Waals surface area contributed by atoms with Crippen molar-refractivity contribution in [2.45, 2.75) is 19.9 Å². The second-order valence-electron chi connectivity index (χ2n) is 4.18. The Bertz CT molecular complexity index is 480. The van der Waals surface area contributed by atoms with Crippen LogP contribution in [-0.2, 0) is 4.79 Å². The Balaban J connectivity index is 2.36. The minimum absolute atomic E-state index is 0.0316. The summed E-state index contributed by atoms with van der Waals surface area (Å²) in [6.45, 7) is 4.18. The number of nitrogens with one attached hydrogen (secondary N) is 1. The van der Waals surface area contributed by atoms with E-state index in [2.05, 4.69) is 10.3 Å². The Hall–Kier alpha value is -1.84. The number of hydrogen-bond donors (Lipinski definition) is 1. The Morgan fingerprint density at radius 1 is 1.41 bits per heavy atom. The topological polar surface area (TPSA) is 50.7 Å². The second kappa shape index (κ2) is 4.57. The Kier molecular flexibility index (Phi) is 3.13. The minimum Gasteiger partial charge on any atom is -0.497 e. The molecule has 17 heavy (non-hydrogen) atoms. The van der Waals surface area contributed by atoms with Gasteiger partial charge in [-0.1, -0.05) is 6.07 Å². The van der Waals surface area contributed by atoms with Gasteiger partial charge in [-0.2, -0.15) is 0 Å². The van der Waals surface area contributed by atoms with Crippen molar-refractivity contribution in [3.63, 3.8) is 0 Å². The van der Waals surface area contributed by atoms with Gasteiger partial charge in [-0.15, -0.1) is 0 Å². The molecule has 4 heteroatoms. The maximum Gasteiger partial charge on any atom is 0.242 e. The molecular formula is C13H16N2O2. The number of carbonyl (C=O) groups is 1. The molecule has 0 aromatic heterocycles. The molecule has 1 atom stereocenters. The monoisotopic (exact) mass is 232 g/mol. The predicted octanol–water partition coefficient (Wildman–Crippen LogP) is 1.64. The van der Waals surface area contributed by atoms with Gasteiger partial charge in [-0.05, 0) is 37.1 Å². The van der Waals surface area contributed by atoms with Crippen LogP contribution in [0.4, 0.5) is 0 Å². The van der Waals surface area contributed by atoms with Gasteiger partial charge < -0.3 is 10.1 Å². The fraction of sp³-hybridized carbons (Fsp3) is 0.385. The fourth-order valence-electron chi connectivity index (χ4n) is 2.00. The first kappa shape index (κ1) is 11.6. The van der Waals surface area contributed by atoms with Crippen molar-refractivity contribution in [1.82, 2.24) is 5.32 Å². The summed E-state index contributed by atoms with van der Waals surface area (Å²) >= 11 is 0. The van der Waals surface area contributed by atoms with Crippen molar-refractivity contribution in [2.24, 2.45) is 4.99 Å². The first-order valence-corrected chi connectivity index (χ1v) is 5.56. The minimum atomic E-state index is -0.109. The number of nitrogens with zero attached hydrogens (tertiary/aromatic N) is 1. The summed E-state index contributed by atoms with van der Waals surface area (Å²) in [5.41, 5.74) is 3.10. The number of carbonyl (C=O) groups excluding carboxylic acids is 1. The molecule has 1 aliphatic heterocycles. The SMILES string of the molecule is COc1ccc(C2NC(=O)CN=C2C)c(C)c1. The molecule has 0 radical (unpaired) electrons. The quantitative estimate of drug-likeness (QED) is 0.842. The molecule has 1 aromatic rings. The van der Waals surface area contributed by atoms with Crippen LogP contribution in [-0.4, -0.2) is 25.3 Å². The van der Waals surface area contributed by atoms with Crippen LogP contribution in [0, 0.1) is 6.92 Å². The lowest BCUT2D eigenvalue weighted by Gasteiger charge is -2.24. The summed E-state index contributed by atoms with van der Waals surface area (Å²) in [5.74, 6) is 0.791. The van der Waals surface area contributed by atoms with E-state index in [-0.39, 0.29) is 18.5 Å². The van der Waals surface area contributed by atoms with Gasteiger partial charge in [0, 0.05) is 5.71 Å². The maximum absolute atomic E-state index is 11.4. The third-order valence-corrected chi connectivity index (χ3v) is 2.98. The van der Waals surface area contributed by atoms with E-state index in [1.165, 1.54) is 0 Å². The van der Waals surface area contributed by atoms with E-state index >= 15 is 0 Å². The van der Waals surface area contributed by atoms with Crippen molar-refractivity contribution in [1.29, 1.82) is 0 Å². The number of aliphatic imine (C=N–C) groups is 1. The molecular weight excluding hydrogens is 216 g/mol. The molecule has 1 aromatic carbocycles. The molecule has 2 rings (SSSR count). The van der Waals surface area contributed by atoms with Gasteiger partial charge in [0.2, 0.25) is 5.91 Å². The number of ether oxygens (including phenoxy) is 1. The zero-order valence-electron chi connectivity index (χ0n) is 10.3. The molecule has 4 nitrogen and oxygen atoms in total. The summed E-state index contributed by atoms with van der Waals surface area (Å²) in [7, 11) is 1.64.